The average Bonchev–Trinajstić information content (AvgIpc) is 3.10. The van der Waals surface area contributed by atoms with E-state index in [0.29, 0.717) is 6.61 Å². The van der Waals surface area contributed by atoms with Gasteiger partial charge in [-0.1, -0.05) is 39.0 Å². The molecule has 9 heteroatoms. The number of nitrogens with two attached hydrogens (primary N) is 1. The van der Waals surface area contributed by atoms with Gasteiger partial charge in [0.2, 0.25) is 0 Å². The van der Waals surface area contributed by atoms with E-state index in [9.17, 15) is 20.4 Å². The summed E-state index contributed by atoms with van der Waals surface area (Å²) >= 11 is 0. The number of aliphatic hydroxyl groups excluding tert-OH is 4. The molecule has 160 valence electrons. The van der Waals surface area contributed by atoms with Crippen LogP contribution in [0.25, 0.3) is 0 Å². The predicted molar refractivity (Wildman–Crippen MR) is 95.7 cm³/mol. The highest BCUT2D eigenvalue weighted by Gasteiger charge is 2.46. The van der Waals surface area contributed by atoms with Gasteiger partial charge in [-0.2, -0.15) is 0 Å². The van der Waals surface area contributed by atoms with Crippen LogP contribution in [0.2, 0.25) is 0 Å². The molecular weight excluding hydrogens is 358 g/mol. The highest BCUT2D eigenvalue weighted by molar-refractivity contribution is 4.89. The monoisotopic (exact) mass is 393 g/mol. The van der Waals surface area contributed by atoms with E-state index >= 15 is 0 Å². The van der Waals surface area contributed by atoms with Crippen molar-refractivity contribution in [3.8, 4) is 0 Å². The Bertz CT molecular complexity index is 415. The van der Waals surface area contributed by atoms with Crippen LogP contribution in [0.4, 0.5) is 0 Å². The number of aliphatic hydroxyl groups is 4. The van der Waals surface area contributed by atoms with Crippen LogP contribution in [0.3, 0.4) is 0 Å². The van der Waals surface area contributed by atoms with Crippen LogP contribution in [-0.4, -0.2) is 89.4 Å². The van der Waals surface area contributed by atoms with Crippen molar-refractivity contribution in [2.75, 3.05) is 19.8 Å². The Morgan fingerprint density at radius 1 is 0.741 bits per heavy atom. The molecule has 8 atom stereocenters. The van der Waals surface area contributed by atoms with E-state index < -0.39 is 49.2 Å². The molecule has 0 aromatic carbocycles. The number of unbranched alkanes of at least 4 members (excludes halogenated alkanes) is 5. The van der Waals surface area contributed by atoms with Gasteiger partial charge in [0.05, 0.1) is 6.61 Å². The van der Waals surface area contributed by atoms with Crippen molar-refractivity contribution in [2.45, 2.75) is 94.7 Å². The van der Waals surface area contributed by atoms with Gasteiger partial charge in [-0.25, -0.2) is 0 Å². The molecule has 2 saturated heterocycles. The molecule has 0 amide bonds. The molecule has 2 fully saturated rings. The first-order chi connectivity index (χ1) is 13.0. The van der Waals surface area contributed by atoms with Gasteiger partial charge in [0.25, 0.3) is 0 Å². The first-order valence-electron chi connectivity index (χ1n) is 9.96. The normalized spacial score (nSPS) is 39.3. The molecule has 0 aromatic rings. The molecule has 0 radical (unpaired) electrons. The van der Waals surface area contributed by atoms with E-state index in [2.05, 4.69) is 6.92 Å². The third kappa shape index (κ3) is 6.31. The highest BCUT2D eigenvalue weighted by atomic mass is 16.7. The summed E-state index contributed by atoms with van der Waals surface area (Å²) in [5.74, 6) is 0. The summed E-state index contributed by atoms with van der Waals surface area (Å²) in [5, 5.41) is 39.8. The standard InChI is InChI=1S/C18H35NO8/c1-2-3-4-5-6-7-8-24-17-16(23)14(21)12(27-17)10-25-18-15(22)13(20)11(9-19)26-18/h11-18,20-23H,2-10,19H2,1H3/t11-,12-,13-,14-,15+,16+,17+,18+/m1/s1. The number of rotatable bonds is 12. The van der Waals surface area contributed by atoms with Gasteiger partial charge in [-0.3, -0.25) is 0 Å². The maximum absolute atomic E-state index is 10.1. The minimum Gasteiger partial charge on any atom is -0.387 e. The third-order valence-corrected chi connectivity index (χ3v) is 5.07. The third-order valence-electron chi connectivity index (χ3n) is 5.07. The molecule has 0 spiro atoms. The Hall–Kier alpha value is -0.360. The summed E-state index contributed by atoms with van der Waals surface area (Å²) in [6.07, 6.45) is -1.48. The Balaban J connectivity index is 1.67. The number of hydrogen-bond donors (Lipinski definition) is 5. The first-order valence-corrected chi connectivity index (χ1v) is 9.96. The van der Waals surface area contributed by atoms with Gasteiger partial charge in [-0.05, 0) is 6.42 Å². The highest BCUT2D eigenvalue weighted by Crippen LogP contribution is 2.26. The second-order valence-electron chi connectivity index (χ2n) is 7.26. The largest absolute Gasteiger partial charge is 0.387 e. The van der Waals surface area contributed by atoms with E-state index in [-0.39, 0.29) is 13.2 Å². The molecule has 9 nitrogen and oxygen atoms in total. The smallest absolute Gasteiger partial charge is 0.186 e. The Morgan fingerprint density at radius 2 is 1.30 bits per heavy atom. The topological polar surface area (TPSA) is 144 Å². The van der Waals surface area contributed by atoms with Crippen LogP contribution in [-0.2, 0) is 18.9 Å². The van der Waals surface area contributed by atoms with E-state index in [1.807, 2.05) is 0 Å². The van der Waals surface area contributed by atoms with Gasteiger partial charge >= 0.3 is 0 Å². The summed E-state index contributed by atoms with van der Waals surface area (Å²) in [4.78, 5) is 0. The van der Waals surface area contributed by atoms with Crippen molar-refractivity contribution in [1.29, 1.82) is 0 Å². The van der Waals surface area contributed by atoms with Gasteiger partial charge in [-0.15, -0.1) is 0 Å². The predicted octanol–water partition coefficient (Wildman–Crippen LogP) is -0.768. The lowest BCUT2D eigenvalue weighted by atomic mass is 10.1. The zero-order valence-electron chi connectivity index (χ0n) is 16.0. The molecule has 0 unspecified atom stereocenters. The molecule has 0 bridgehead atoms. The lowest BCUT2D eigenvalue weighted by molar-refractivity contribution is -0.204. The maximum Gasteiger partial charge on any atom is 0.186 e. The molecular formula is C18H35NO8. The molecule has 2 aliphatic heterocycles. The van der Waals surface area contributed by atoms with Gasteiger partial charge in [0.15, 0.2) is 12.6 Å². The van der Waals surface area contributed by atoms with E-state index in [4.69, 9.17) is 24.7 Å². The van der Waals surface area contributed by atoms with E-state index in [1.165, 1.54) is 19.3 Å². The zero-order chi connectivity index (χ0) is 19.8. The second-order valence-corrected chi connectivity index (χ2v) is 7.26. The van der Waals surface area contributed by atoms with Crippen LogP contribution < -0.4 is 5.73 Å². The van der Waals surface area contributed by atoms with Crippen LogP contribution in [0.5, 0.6) is 0 Å². The fourth-order valence-electron chi connectivity index (χ4n) is 3.31. The molecule has 0 aromatic heterocycles. The van der Waals surface area contributed by atoms with Crippen LogP contribution in [0.1, 0.15) is 45.4 Å². The summed E-state index contributed by atoms with van der Waals surface area (Å²) in [6.45, 7) is 2.54. The minimum atomic E-state index is -1.23. The maximum atomic E-state index is 10.1. The van der Waals surface area contributed by atoms with Crippen molar-refractivity contribution >= 4 is 0 Å². The molecule has 2 heterocycles. The fourth-order valence-corrected chi connectivity index (χ4v) is 3.31. The van der Waals surface area contributed by atoms with Crippen molar-refractivity contribution in [2.24, 2.45) is 5.73 Å². The number of hydrogen-bond acceptors (Lipinski definition) is 9. The van der Waals surface area contributed by atoms with Gasteiger partial charge < -0.3 is 45.1 Å². The quantitative estimate of drug-likeness (QED) is 0.270. The molecule has 6 N–H and O–H groups in total. The van der Waals surface area contributed by atoms with Gasteiger partial charge in [0.1, 0.15) is 36.6 Å². The molecule has 0 saturated carbocycles. The van der Waals surface area contributed by atoms with E-state index in [0.717, 1.165) is 19.3 Å². The SMILES string of the molecule is CCCCCCCCO[C@H]1O[C@H](CO[C@H]2O[C@H](CN)[C@@H](O)[C@@H]2O)[C@@H](O)[C@@H]1O. The van der Waals surface area contributed by atoms with Crippen molar-refractivity contribution < 1.29 is 39.4 Å². The summed E-state index contributed by atoms with van der Waals surface area (Å²) in [6, 6.07) is 0. The Kier molecular flexibility index (Phi) is 9.85. The van der Waals surface area contributed by atoms with Gasteiger partial charge in [0, 0.05) is 13.2 Å². The van der Waals surface area contributed by atoms with Crippen molar-refractivity contribution in [3.63, 3.8) is 0 Å². The first kappa shape index (κ1) is 22.9. The number of ether oxygens (including phenoxy) is 4. The van der Waals surface area contributed by atoms with Crippen molar-refractivity contribution in [3.05, 3.63) is 0 Å². The summed E-state index contributed by atoms with van der Waals surface area (Å²) in [5.41, 5.74) is 5.45. The lowest BCUT2D eigenvalue weighted by Crippen LogP contribution is -2.38. The Labute approximate surface area is 160 Å². The van der Waals surface area contributed by atoms with Crippen molar-refractivity contribution in [1.82, 2.24) is 0 Å². The molecule has 27 heavy (non-hydrogen) atoms. The lowest BCUT2D eigenvalue weighted by Gasteiger charge is -2.20. The summed E-state index contributed by atoms with van der Waals surface area (Å²) in [7, 11) is 0. The average molecular weight is 393 g/mol. The Morgan fingerprint density at radius 3 is 1.93 bits per heavy atom. The molecule has 2 aliphatic rings. The van der Waals surface area contributed by atoms with E-state index in [1.54, 1.807) is 0 Å². The molecule has 2 rings (SSSR count). The van der Waals surface area contributed by atoms with Crippen LogP contribution in [0.15, 0.2) is 0 Å². The van der Waals surface area contributed by atoms with Crippen LogP contribution >= 0.6 is 0 Å². The zero-order valence-corrected chi connectivity index (χ0v) is 16.0. The molecule has 0 aliphatic carbocycles. The minimum absolute atomic E-state index is 0.0493. The van der Waals surface area contributed by atoms with Crippen LogP contribution in [0, 0.1) is 0 Å². The second kappa shape index (κ2) is 11.6. The summed E-state index contributed by atoms with van der Waals surface area (Å²) < 4.78 is 21.8. The fraction of sp³-hybridized carbons (Fsp3) is 1.00.